The van der Waals surface area contributed by atoms with Gasteiger partial charge in [0.25, 0.3) is 0 Å². The molecule has 0 spiro atoms. The van der Waals surface area contributed by atoms with Crippen LogP contribution < -0.4 is 5.32 Å². The van der Waals surface area contributed by atoms with Crippen molar-refractivity contribution in [2.45, 2.75) is 44.7 Å². The Morgan fingerprint density at radius 1 is 1.29 bits per heavy atom. The van der Waals surface area contributed by atoms with E-state index in [9.17, 15) is 22.8 Å². The number of nitrogens with zero attached hydrogens (tertiary/aromatic N) is 3. The summed E-state index contributed by atoms with van der Waals surface area (Å²) in [5.74, 6) is -0.511. The Morgan fingerprint density at radius 2 is 2.00 bits per heavy atom. The number of amides is 4. The van der Waals surface area contributed by atoms with E-state index in [2.05, 4.69) is 9.60 Å². The number of likely N-dealkylation sites (tertiary alicyclic amines) is 1. The van der Waals surface area contributed by atoms with Gasteiger partial charge in [-0.15, -0.1) is 4.28 Å². The second kappa shape index (κ2) is 7.64. The zero-order valence-electron chi connectivity index (χ0n) is 15.3. The Bertz CT molecular complexity index is 801. The highest BCUT2D eigenvalue weighted by molar-refractivity contribution is 7.80. The van der Waals surface area contributed by atoms with Gasteiger partial charge in [-0.05, 0) is 25.2 Å². The predicted molar refractivity (Wildman–Crippen MR) is 94.2 cm³/mol. The molecule has 3 rings (SSSR count). The van der Waals surface area contributed by atoms with Crippen LogP contribution in [0.2, 0.25) is 0 Å². The van der Waals surface area contributed by atoms with Gasteiger partial charge in [-0.25, -0.2) is 4.79 Å². The van der Waals surface area contributed by atoms with E-state index in [1.54, 1.807) is 4.90 Å². The highest BCUT2D eigenvalue weighted by Gasteiger charge is 2.48. The van der Waals surface area contributed by atoms with Gasteiger partial charge in [0.1, 0.15) is 5.84 Å². The number of fused-ring (bicyclic) bond motifs is 2. The summed E-state index contributed by atoms with van der Waals surface area (Å²) >= 11 is 0. The van der Waals surface area contributed by atoms with Gasteiger partial charge in [0.2, 0.25) is 11.8 Å². The molecule has 0 aromatic carbocycles. The third-order valence-electron chi connectivity index (χ3n) is 5.31. The first-order chi connectivity index (χ1) is 13.0. The second-order valence-electron chi connectivity index (χ2n) is 7.30. The quantitative estimate of drug-likeness (QED) is 0.304. The fraction of sp³-hybridized carbons (Fsp3) is 0.733. The summed E-state index contributed by atoms with van der Waals surface area (Å²) < 4.78 is 35.0. The minimum absolute atomic E-state index is 0.0273. The van der Waals surface area contributed by atoms with E-state index >= 15 is 0 Å². The molecule has 0 aromatic heterocycles. The Kier molecular flexibility index (Phi) is 5.59. The van der Waals surface area contributed by atoms with Gasteiger partial charge in [-0.2, -0.15) is 13.5 Å². The molecule has 3 fully saturated rings. The van der Waals surface area contributed by atoms with Crippen molar-refractivity contribution in [2.75, 3.05) is 19.6 Å². The Morgan fingerprint density at radius 3 is 2.61 bits per heavy atom. The van der Waals surface area contributed by atoms with Crippen molar-refractivity contribution in [3.05, 3.63) is 0 Å². The van der Waals surface area contributed by atoms with Crippen LogP contribution in [0.3, 0.4) is 0 Å². The molecule has 3 N–H and O–H groups in total. The van der Waals surface area contributed by atoms with Crippen LogP contribution in [-0.4, -0.2) is 83.2 Å². The first kappa shape index (κ1) is 20.5. The van der Waals surface area contributed by atoms with Crippen molar-refractivity contribution in [1.29, 1.82) is 5.41 Å². The molecule has 3 atom stereocenters. The maximum absolute atomic E-state index is 12.3. The molecule has 0 saturated carbocycles. The van der Waals surface area contributed by atoms with Gasteiger partial charge in [0.15, 0.2) is 0 Å². The molecule has 0 aliphatic carbocycles. The van der Waals surface area contributed by atoms with E-state index in [-0.39, 0.29) is 36.5 Å². The molecule has 28 heavy (non-hydrogen) atoms. The number of carbonyl (C=O) groups is 3. The SMILES string of the molecule is CC(=O)N1CCC(CC(=O)NC(=N)[C@@H]2CC[C@@H]3CN2C(=O)N3OS(=O)(=O)O)C1. The molecule has 3 aliphatic heterocycles. The monoisotopic (exact) mass is 417 g/mol. The molecule has 13 heteroatoms. The van der Waals surface area contributed by atoms with Gasteiger partial charge >= 0.3 is 16.4 Å². The number of hydrogen-bond acceptors (Lipinski definition) is 7. The second-order valence-corrected chi connectivity index (χ2v) is 8.30. The van der Waals surface area contributed by atoms with E-state index in [1.165, 1.54) is 11.8 Å². The standard InChI is InChI=1S/C15H23N5O7S/c1-9(21)18-5-4-10(7-18)6-13(22)17-14(16)12-3-2-11-8-19(12)15(23)20(11)27-28(24,25)26/h10-12H,2-8H2,1H3,(H2,16,17,22)(H,24,25,26)/t10?,11-,12+/m1/s1. The number of amidine groups is 1. The van der Waals surface area contributed by atoms with Crippen molar-refractivity contribution >= 4 is 34.1 Å². The lowest BCUT2D eigenvalue weighted by Crippen LogP contribution is -2.51. The fourth-order valence-corrected chi connectivity index (χ4v) is 4.35. The van der Waals surface area contributed by atoms with Crippen molar-refractivity contribution in [1.82, 2.24) is 20.2 Å². The molecule has 1 unspecified atom stereocenters. The molecule has 0 radical (unpaired) electrons. The van der Waals surface area contributed by atoms with Crippen LogP contribution in [0.5, 0.6) is 0 Å². The molecule has 0 aromatic rings. The summed E-state index contributed by atoms with van der Waals surface area (Å²) in [4.78, 5) is 38.9. The zero-order chi connectivity index (χ0) is 20.6. The Hall–Kier alpha value is -2.25. The van der Waals surface area contributed by atoms with Crippen LogP contribution in [0.15, 0.2) is 0 Å². The van der Waals surface area contributed by atoms with Gasteiger partial charge in [0, 0.05) is 33.0 Å². The number of nitrogens with one attached hydrogen (secondary N) is 2. The van der Waals surface area contributed by atoms with E-state index < -0.39 is 28.5 Å². The summed E-state index contributed by atoms with van der Waals surface area (Å²) in [5, 5.41) is 11.3. The fourth-order valence-electron chi connectivity index (χ4n) is 3.96. The van der Waals surface area contributed by atoms with Crippen molar-refractivity contribution in [2.24, 2.45) is 5.92 Å². The van der Waals surface area contributed by atoms with E-state index in [0.29, 0.717) is 31.0 Å². The maximum Gasteiger partial charge on any atom is 0.418 e. The molecule has 156 valence electrons. The first-order valence-corrected chi connectivity index (χ1v) is 10.3. The molecular formula is C15H23N5O7S. The highest BCUT2D eigenvalue weighted by atomic mass is 32.3. The number of carbonyl (C=O) groups excluding carboxylic acids is 3. The van der Waals surface area contributed by atoms with Crippen molar-refractivity contribution < 1.29 is 31.6 Å². The Labute approximate surface area is 162 Å². The number of hydroxylamine groups is 2. The average Bonchev–Trinajstić information content (AvgIpc) is 3.13. The lowest BCUT2D eigenvalue weighted by Gasteiger charge is -2.30. The summed E-state index contributed by atoms with van der Waals surface area (Å²) in [6, 6.07) is -2.04. The van der Waals surface area contributed by atoms with Crippen LogP contribution in [0, 0.1) is 11.3 Å². The largest absolute Gasteiger partial charge is 0.418 e. The lowest BCUT2D eigenvalue weighted by molar-refractivity contribution is -0.128. The Balaban J connectivity index is 1.55. The summed E-state index contributed by atoms with van der Waals surface area (Å²) in [7, 11) is -4.83. The van der Waals surface area contributed by atoms with Crippen LogP contribution >= 0.6 is 0 Å². The van der Waals surface area contributed by atoms with Crippen molar-refractivity contribution in [3.63, 3.8) is 0 Å². The third kappa shape index (κ3) is 4.42. The average molecular weight is 417 g/mol. The zero-order valence-corrected chi connectivity index (χ0v) is 16.1. The minimum Gasteiger partial charge on any atom is -0.343 e. The number of urea groups is 1. The molecule has 3 heterocycles. The molecule has 3 saturated heterocycles. The van der Waals surface area contributed by atoms with E-state index in [1.807, 2.05) is 0 Å². The molecular weight excluding hydrogens is 394 g/mol. The number of rotatable bonds is 5. The topological polar surface area (TPSA) is 160 Å². The molecule has 2 bridgehead atoms. The predicted octanol–water partition coefficient (Wildman–Crippen LogP) is -0.659. The summed E-state index contributed by atoms with van der Waals surface area (Å²) in [5.41, 5.74) is 0. The van der Waals surface area contributed by atoms with Crippen molar-refractivity contribution in [3.8, 4) is 0 Å². The van der Waals surface area contributed by atoms with Gasteiger partial charge in [-0.3, -0.25) is 19.6 Å². The van der Waals surface area contributed by atoms with E-state index in [0.717, 1.165) is 6.42 Å². The van der Waals surface area contributed by atoms with Crippen LogP contribution in [0.4, 0.5) is 4.79 Å². The third-order valence-corrected chi connectivity index (χ3v) is 5.66. The minimum atomic E-state index is -4.83. The highest BCUT2D eigenvalue weighted by Crippen LogP contribution is 2.30. The lowest BCUT2D eigenvalue weighted by atomic mass is 9.99. The first-order valence-electron chi connectivity index (χ1n) is 8.96. The normalized spacial score (nSPS) is 27.3. The van der Waals surface area contributed by atoms with Gasteiger partial charge < -0.3 is 15.1 Å². The van der Waals surface area contributed by atoms with Gasteiger partial charge in [-0.1, -0.05) is 0 Å². The molecule has 12 nitrogen and oxygen atoms in total. The van der Waals surface area contributed by atoms with Crippen LogP contribution in [-0.2, 0) is 24.3 Å². The van der Waals surface area contributed by atoms with Crippen LogP contribution in [0.25, 0.3) is 0 Å². The molecule has 4 amide bonds. The smallest absolute Gasteiger partial charge is 0.343 e. The van der Waals surface area contributed by atoms with Crippen LogP contribution in [0.1, 0.15) is 32.6 Å². The summed E-state index contributed by atoms with van der Waals surface area (Å²) in [6.07, 6.45) is 1.60. The number of piperidine rings is 1. The number of hydrogen-bond donors (Lipinski definition) is 3. The van der Waals surface area contributed by atoms with Gasteiger partial charge in [0.05, 0.1) is 12.1 Å². The molecule has 3 aliphatic rings. The van der Waals surface area contributed by atoms with E-state index in [4.69, 9.17) is 9.96 Å². The summed E-state index contributed by atoms with van der Waals surface area (Å²) in [6.45, 7) is 2.73. The maximum atomic E-state index is 12.3.